The predicted molar refractivity (Wildman–Crippen MR) is 248 cm³/mol. The fourth-order valence-corrected chi connectivity index (χ4v) is 11.6. The van der Waals surface area contributed by atoms with Gasteiger partial charge in [-0.25, -0.2) is 4.79 Å². The highest BCUT2D eigenvalue weighted by molar-refractivity contribution is 7.90. The molecule has 4 aliphatic rings. The molecule has 2 N–H and O–H groups in total. The molecule has 0 bridgehead atoms. The van der Waals surface area contributed by atoms with Crippen molar-refractivity contribution < 1.29 is 31.2 Å². The molecule has 20 heteroatoms. The molecular weight excluding hydrogens is 902 g/mol. The standard InChI is InChI=1S/C22H28ClN5O3S.C22H27ClN4O4S/c23-18-3-1-6-21(13-18)28(16-19-8-7-17(15-25-19)22(29)14-24)32(30,31)27-11-9-26(10-12-27)20-4-2-5-20;1-31-22(28)17-8-9-19(24-15-17)16-27(21-7-2-4-18(23)14-21)32(29,30)26-12-10-25(11-13-26)20-5-3-6-20/h1,3,6-8,13,15,20H,2,4-5,9-12,14,16,24H2;2,4,7-9,14-15,20H,3,5-6,10-13,16H2,1H3. The molecule has 0 atom stereocenters. The van der Waals surface area contributed by atoms with Crippen LogP contribution in [0.3, 0.4) is 0 Å². The maximum atomic E-state index is 13.7. The summed E-state index contributed by atoms with van der Waals surface area (Å²) in [5.41, 5.74) is 8.09. The van der Waals surface area contributed by atoms with Crippen molar-refractivity contribution in [2.24, 2.45) is 5.73 Å². The first-order valence-corrected chi connectivity index (χ1v) is 25.1. The molecule has 0 amide bonds. The maximum absolute atomic E-state index is 13.7. The molecule has 2 saturated carbocycles. The minimum Gasteiger partial charge on any atom is -0.465 e. The second kappa shape index (κ2) is 21.4. The number of ketones is 1. The number of anilines is 2. The molecule has 2 aliphatic carbocycles. The molecule has 2 saturated heterocycles. The van der Waals surface area contributed by atoms with Gasteiger partial charge < -0.3 is 10.5 Å². The summed E-state index contributed by atoms with van der Waals surface area (Å²) < 4.78 is 65.1. The molecule has 4 aromatic rings. The first-order valence-electron chi connectivity index (χ1n) is 21.5. The topological polar surface area (TPSA) is 183 Å². The Morgan fingerprint density at radius 2 is 1.08 bits per heavy atom. The van der Waals surface area contributed by atoms with Gasteiger partial charge in [0.05, 0.1) is 55.1 Å². The molecule has 4 fully saturated rings. The van der Waals surface area contributed by atoms with Crippen LogP contribution in [0.4, 0.5) is 11.4 Å². The van der Waals surface area contributed by atoms with Gasteiger partial charge in [0.1, 0.15) is 0 Å². The Labute approximate surface area is 386 Å². The third kappa shape index (κ3) is 11.4. The summed E-state index contributed by atoms with van der Waals surface area (Å²) >= 11 is 12.3. The van der Waals surface area contributed by atoms with Crippen molar-refractivity contribution >= 4 is 66.7 Å². The van der Waals surface area contributed by atoms with Gasteiger partial charge in [-0.2, -0.15) is 25.4 Å². The van der Waals surface area contributed by atoms with Crippen LogP contribution >= 0.6 is 23.2 Å². The van der Waals surface area contributed by atoms with Crippen molar-refractivity contribution in [2.75, 3.05) is 74.6 Å². The largest absolute Gasteiger partial charge is 0.465 e. The third-order valence-corrected chi connectivity index (χ3v) is 16.6. The van der Waals surface area contributed by atoms with Gasteiger partial charge in [-0.05, 0) is 86.3 Å². The van der Waals surface area contributed by atoms with E-state index in [0.717, 1.165) is 26.2 Å². The van der Waals surface area contributed by atoms with Gasteiger partial charge in [-0.1, -0.05) is 48.2 Å². The van der Waals surface area contributed by atoms with E-state index in [-0.39, 0.29) is 25.4 Å². The average molecular weight is 957 g/mol. The van der Waals surface area contributed by atoms with Crippen LogP contribution in [0.5, 0.6) is 0 Å². The van der Waals surface area contributed by atoms with Crippen LogP contribution in [0.15, 0.2) is 85.2 Å². The highest BCUT2D eigenvalue weighted by Crippen LogP contribution is 2.31. The number of esters is 1. The number of pyridine rings is 2. The minimum atomic E-state index is -3.81. The monoisotopic (exact) mass is 955 g/mol. The lowest BCUT2D eigenvalue weighted by atomic mass is 9.91. The van der Waals surface area contributed by atoms with Crippen LogP contribution in [0, 0.1) is 0 Å². The minimum absolute atomic E-state index is 0.0208. The van der Waals surface area contributed by atoms with Crippen LogP contribution in [0.1, 0.15) is 70.6 Å². The van der Waals surface area contributed by atoms with Gasteiger partial charge in [-0.3, -0.25) is 33.2 Å². The maximum Gasteiger partial charge on any atom is 0.339 e. The highest BCUT2D eigenvalue weighted by atomic mass is 35.5. The Bertz CT molecular complexity index is 2270. The third-order valence-electron chi connectivity index (χ3n) is 12.3. The zero-order valence-corrected chi connectivity index (χ0v) is 39.0. The highest BCUT2D eigenvalue weighted by Gasteiger charge is 2.37. The molecule has 16 nitrogen and oxygen atoms in total. The number of carbonyl (C=O) groups excluding carboxylic acids is 2. The first kappa shape index (κ1) is 47.7. The number of nitrogens with zero attached hydrogens (tertiary/aromatic N) is 8. The summed E-state index contributed by atoms with van der Waals surface area (Å²) in [5.74, 6) is -0.708. The second-order valence-corrected chi connectivity index (χ2v) is 20.8. The number of aromatic nitrogens is 2. The number of carbonyl (C=O) groups is 2. The van der Waals surface area contributed by atoms with Gasteiger partial charge in [0.2, 0.25) is 0 Å². The number of ether oxygens (including phenoxy) is 1. The molecule has 344 valence electrons. The quantitative estimate of drug-likeness (QED) is 0.121. The molecule has 0 spiro atoms. The smallest absolute Gasteiger partial charge is 0.339 e. The summed E-state index contributed by atoms with van der Waals surface area (Å²) in [6, 6.07) is 21.3. The van der Waals surface area contributed by atoms with E-state index in [0.29, 0.717) is 82.2 Å². The molecule has 2 aromatic carbocycles. The zero-order chi connectivity index (χ0) is 45.4. The number of nitrogens with two attached hydrogens (primary N) is 1. The zero-order valence-electron chi connectivity index (χ0n) is 35.8. The van der Waals surface area contributed by atoms with Crippen LogP contribution in [-0.4, -0.2) is 135 Å². The van der Waals surface area contributed by atoms with Gasteiger partial charge in [0, 0.05) is 92.4 Å². The number of rotatable bonds is 15. The summed E-state index contributed by atoms with van der Waals surface area (Å²) in [5, 5.41) is 0.904. The molecule has 2 aromatic heterocycles. The molecule has 0 radical (unpaired) electrons. The average Bonchev–Trinajstić information content (AvgIpc) is 3.26. The van der Waals surface area contributed by atoms with Crippen molar-refractivity contribution in [3.63, 3.8) is 0 Å². The number of hydrogen-bond acceptors (Lipinski definition) is 12. The van der Waals surface area contributed by atoms with E-state index in [1.54, 1.807) is 72.8 Å². The summed E-state index contributed by atoms with van der Waals surface area (Å²) in [7, 11) is -6.32. The van der Waals surface area contributed by atoms with E-state index in [9.17, 15) is 26.4 Å². The van der Waals surface area contributed by atoms with Crippen LogP contribution < -0.4 is 14.3 Å². The summed E-state index contributed by atoms with van der Waals surface area (Å²) in [6.07, 6.45) is 10.2. The molecular formula is C44H55Cl2N9O7S2. The Balaban J connectivity index is 0.000000191. The van der Waals surface area contributed by atoms with Gasteiger partial charge in [-0.15, -0.1) is 0 Å². The van der Waals surface area contributed by atoms with E-state index in [1.165, 1.54) is 75.2 Å². The van der Waals surface area contributed by atoms with Gasteiger partial charge in [0.25, 0.3) is 0 Å². The number of halogens is 2. The Morgan fingerprint density at radius 3 is 1.41 bits per heavy atom. The number of benzene rings is 2. The Morgan fingerprint density at radius 1 is 0.656 bits per heavy atom. The molecule has 64 heavy (non-hydrogen) atoms. The molecule has 8 rings (SSSR count). The Hall–Kier alpha value is -4.24. The van der Waals surface area contributed by atoms with Gasteiger partial charge >= 0.3 is 26.4 Å². The van der Waals surface area contributed by atoms with E-state index in [4.69, 9.17) is 33.7 Å². The van der Waals surface area contributed by atoms with E-state index >= 15 is 0 Å². The lowest BCUT2D eigenvalue weighted by Gasteiger charge is -2.43. The number of Topliss-reactive ketones (excluding diaryl/α,β-unsaturated/α-hetero) is 1. The van der Waals surface area contributed by atoms with Crippen molar-refractivity contribution in [1.82, 2.24) is 28.4 Å². The molecule has 2 aliphatic heterocycles. The van der Waals surface area contributed by atoms with E-state index < -0.39 is 26.4 Å². The molecule has 0 unspecified atom stereocenters. The van der Waals surface area contributed by atoms with Crippen molar-refractivity contribution in [1.29, 1.82) is 0 Å². The number of methoxy groups -OCH3 is 1. The summed E-state index contributed by atoms with van der Waals surface area (Å²) in [6.45, 7) is 4.70. The summed E-state index contributed by atoms with van der Waals surface area (Å²) in [4.78, 5) is 36.8. The first-order chi connectivity index (χ1) is 30.8. The normalized spacial score (nSPS) is 18.2. The van der Waals surface area contributed by atoms with E-state index in [2.05, 4.69) is 19.8 Å². The van der Waals surface area contributed by atoms with Crippen LogP contribution in [0.25, 0.3) is 0 Å². The van der Waals surface area contributed by atoms with Crippen LogP contribution in [-0.2, 0) is 38.2 Å². The van der Waals surface area contributed by atoms with E-state index in [1.807, 2.05) is 0 Å². The van der Waals surface area contributed by atoms with Crippen molar-refractivity contribution in [2.45, 2.75) is 63.7 Å². The lowest BCUT2D eigenvalue weighted by Crippen LogP contribution is -2.56. The number of piperazine rings is 2. The number of hydrogen-bond donors (Lipinski definition) is 1. The van der Waals surface area contributed by atoms with Crippen LogP contribution in [0.2, 0.25) is 10.0 Å². The SMILES string of the molecule is COC(=O)c1ccc(CN(c2cccc(Cl)c2)S(=O)(=O)N2CCN(C3CCC3)CC2)nc1.NCC(=O)c1ccc(CN(c2cccc(Cl)c2)S(=O)(=O)N2CCN(C3CCC3)CC2)nc1. The fourth-order valence-electron chi connectivity index (χ4n) is 8.11. The van der Waals surface area contributed by atoms with Crippen molar-refractivity contribution in [3.8, 4) is 0 Å². The van der Waals surface area contributed by atoms with Gasteiger partial charge in [0.15, 0.2) is 5.78 Å². The fraction of sp³-hybridized carbons (Fsp3) is 0.455. The van der Waals surface area contributed by atoms with Crippen molar-refractivity contribution in [3.05, 3.63) is 118 Å². The lowest BCUT2D eigenvalue weighted by molar-refractivity contribution is 0.0600. The molecule has 4 heterocycles. The predicted octanol–water partition coefficient (Wildman–Crippen LogP) is 5.24. The second-order valence-electron chi connectivity index (χ2n) is 16.2. The Kier molecular flexibility index (Phi) is 15.9.